The normalized spacial score (nSPS) is 21.3. The molecule has 21 heavy (non-hydrogen) atoms. The average molecular weight is 288 g/mol. The molecule has 2 aromatic heterocycles. The predicted octanol–water partition coefficient (Wildman–Crippen LogP) is 2.30. The Bertz CT molecular complexity index is 572. The third-order valence-corrected chi connectivity index (χ3v) is 3.91. The van der Waals surface area contributed by atoms with E-state index in [1.807, 2.05) is 12.1 Å². The number of hydrogen-bond donors (Lipinski definition) is 0. The number of rotatable bonds is 4. The zero-order valence-electron chi connectivity index (χ0n) is 12.4. The van der Waals surface area contributed by atoms with Gasteiger partial charge in [0.25, 0.3) is 0 Å². The van der Waals surface area contributed by atoms with Crippen molar-refractivity contribution < 1.29 is 9.26 Å². The van der Waals surface area contributed by atoms with Crippen molar-refractivity contribution in [2.45, 2.75) is 32.4 Å². The van der Waals surface area contributed by atoms with Gasteiger partial charge in [-0.05, 0) is 25.5 Å². The summed E-state index contributed by atoms with van der Waals surface area (Å²) >= 11 is 0. The summed E-state index contributed by atoms with van der Waals surface area (Å²) in [6.45, 7) is 6.80. The van der Waals surface area contributed by atoms with Gasteiger partial charge in [0.05, 0.1) is 18.8 Å². The second kappa shape index (κ2) is 6.32. The molecule has 1 fully saturated rings. The molecule has 0 unspecified atom stereocenters. The zero-order chi connectivity index (χ0) is 14.7. The molecular weight excluding hydrogens is 268 g/mol. The Kier molecular flexibility index (Phi) is 4.26. The second-order valence-corrected chi connectivity index (χ2v) is 5.26. The Balaban J connectivity index is 1.73. The molecule has 0 aliphatic carbocycles. The van der Waals surface area contributed by atoms with Gasteiger partial charge in [-0.15, -0.1) is 0 Å². The third-order valence-electron chi connectivity index (χ3n) is 3.91. The Morgan fingerprint density at radius 1 is 1.38 bits per heavy atom. The highest BCUT2D eigenvalue weighted by Gasteiger charge is 2.27. The minimum atomic E-state index is 0.103. The van der Waals surface area contributed by atoms with Crippen molar-refractivity contribution in [2.24, 2.45) is 0 Å². The molecule has 112 valence electrons. The lowest BCUT2D eigenvalue weighted by Crippen LogP contribution is -2.43. The molecule has 0 spiro atoms. The summed E-state index contributed by atoms with van der Waals surface area (Å²) in [7, 11) is 0. The highest BCUT2D eigenvalue weighted by Crippen LogP contribution is 2.24. The molecule has 0 N–H and O–H groups in total. The monoisotopic (exact) mass is 288 g/mol. The molecule has 1 aliphatic heterocycles. The third kappa shape index (κ3) is 3.11. The van der Waals surface area contributed by atoms with Crippen molar-refractivity contribution in [1.82, 2.24) is 20.0 Å². The molecule has 0 aromatic carbocycles. The Morgan fingerprint density at radius 2 is 2.19 bits per heavy atom. The molecule has 0 bridgehead atoms. The summed E-state index contributed by atoms with van der Waals surface area (Å²) < 4.78 is 11.1. The van der Waals surface area contributed by atoms with E-state index in [0.29, 0.717) is 17.8 Å². The van der Waals surface area contributed by atoms with Gasteiger partial charge in [-0.1, -0.05) is 12.1 Å². The van der Waals surface area contributed by atoms with Crippen molar-refractivity contribution in [1.29, 1.82) is 0 Å². The molecular formula is C15H20N4O2. The Labute approximate surface area is 124 Å². The Hall–Kier alpha value is -1.79. The van der Waals surface area contributed by atoms with Crippen LogP contribution < -0.4 is 0 Å². The van der Waals surface area contributed by atoms with E-state index in [9.17, 15) is 0 Å². The maximum atomic E-state index is 5.70. The van der Waals surface area contributed by atoms with Gasteiger partial charge in [-0.2, -0.15) is 4.98 Å². The summed E-state index contributed by atoms with van der Waals surface area (Å²) in [5.74, 6) is 1.26. The maximum Gasteiger partial charge on any atom is 0.244 e. The van der Waals surface area contributed by atoms with Crippen LogP contribution in [0.4, 0.5) is 0 Å². The second-order valence-electron chi connectivity index (χ2n) is 5.26. The topological polar surface area (TPSA) is 64.3 Å². The number of hydrogen-bond acceptors (Lipinski definition) is 6. The van der Waals surface area contributed by atoms with Gasteiger partial charge in [-0.25, -0.2) is 0 Å². The van der Waals surface area contributed by atoms with Gasteiger partial charge < -0.3 is 9.26 Å². The molecule has 6 nitrogen and oxygen atoms in total. The average Bonchev–Trinajstić information content (AvgIpc) is 3.05. The highest BCUT2D eigenvalue weighted by atomic mass is 16.5. The van der Waals surface area contributed by atoms with Crippen molar-refractivity contribution in [3.8, 4) is 11.4 Å². The lowest BCUT2D eigenvalue weighted by atomic mass is 10.2. The minimum absolute atomic E-state index is 0.103. The van der Waals surface area contributed by atoms with Gasteiger partial charge in [-0.3, -0.25) is 9.88 Å². The number of nitrogens with zero attached hydrogens (tertiary/aromatic N) is 4. The van der Waals surface area contributed by atoms with Gasteiger partial charge in [0, 0.05) is 31.0 Å². The van der Waals surface area contributed by atoms with Gasteiger partial charge in [0.1, 0.15) is 0 Å². The van der Waals surface area contributed by atoms with E-state index in [4.69, 9.17) is 9.26 Å². The smallest absolute Gasteiger partial charge is 0.244 e. The van der Waals surface area contributed by atoms with Crippen LogP contribution in [0.2, 0.25) is 0 Å². The molecule has 6 heteroatoms. The largest absolute Gasteiger partial charge is 0.376 e. The first kappa shape index (κ1) is 14.2. The van der Waals surface area contributed by atoms with E-state index in [1.165, 1.54) is 0 Å². The van der Waals surface area contributed by atoms with E-state index in [-0.39, 0.29) is 6.04 Å². The van der Waals surface area contributed by atoms with Crippen LogP contribution in [0.25, 0.3) is 11.4 Å². The maximum absolute atomic E-state index is 5.70. The first-order chi connectivity index (χ1) is 10.3. The first-order valence-electron chi connectivity index (χ1n) is 7.37. The summed E-state index contributed by atoms with van der Waals surface area (Å²) in [5.41, 5.74) is 0.917. The first-order valence-corrected chi connectivity index (χ1v) is 7.37. The quantitative estimate of drug-likeness (QED) is 0.860. The summed E-state index contributed by atoms with van der Waals surface area (Å²) in [6, 6.07) is 3.86. The molecule has 2 aromatic rings. The van der Waals surface area contributed by atoms with Crippen LogP contribution in [0.3, 0.4) is 0 Å². The molecule has 0 saturated carbocycles. The summed E-state index contributed by atoms with van der Waals surface area (Å²) in [4.78, 5) is 10.8. The van der Waals surface area contributed by atoms with Crippen LogP contribution >= 0.6 is 0 Å². The van der Waals surface area contributed by atoms with Crippen LogP contribution in [0.15, 0.2) is 29.0 Å². The van der Waals surface area contributed by atoms with Crippen molar-refractivity contribution in [3.63, 3.8) is 0 Å². The predicted molar refractivity (Wildman–Crippen MR) is 77.5 cm³/mol. The lowest BCUT2D eigenvalue weighted by molar-refractivity contribution is -0.0462. The fourth-order valence-electron chi connectivity index (χ4n) is 2.52. The standard InChI is InChI=1S/C15H20N4O2/c1-3-13-10-19(8-9-20-13)11(2)15-17-14(18-21-15)12-4-6-16-7-5-12/h4-7,11,13H,3,8-10H2,1-2H3/t11-,13+/m0/s1. The van der Waals surface area contributed by atoms with Crippen molar-refractivity contribution >= 4 is 0 Å². The van der Waals surface area contributed by atoms with Crippen LogP contribution in [0, 0.1) is 0 Å². The van der Waals surface area contributed by atoms with Crippen LogP contribution in [-0.2, 0) is 4.74 Å². The van der Waals surface area contributed by atoms with Crippen LogP contribution in [0.1, 0.15) is 32.2 Å². The fourth-order valence-corrected chi connectivity index (χ4v) is 2.52. The van der Waals surface area contributed by atoms with Crippen molar-refractivity contribution in [3.05, 3.63) is 30.4 Å². The van der Waals surface area contributed by atoms with Gasteiger partial charge in [0.15, 0.2) is 0 Å². The van der Waals surface area contributed by atoms with E-state index < -0.39 is 0 Å². The van der Waals surface area contributed by atoms with E-state index >= 15 is 0 Å². The number of pyridine rings is 1. The molecule has 0 amide bonds. The Morgan fingerprint density at radius 3 is 2.95 bits per heavy atom. The van der Waals surface area contributed by atoms with Crippen molar-refractivity contribution in [2.75, 3.05) is 19.7 Å². The fraction of sp³-hybridized carbons (Fsp3) is 0.533. The SMILES string of the molecule is CC[C@@H]1CN([C@@H](C)c2nc(-c3ccncc3)no2)CCO1. The molecule has 1 aliphatic rings. The lowest BCUT2D eigenvalue weighted by Gasteiger charge is -2.34. The van der Waals surface area contributed by atoms with Crippen LogP contribution in [-0.4, -0.2) is 45.8 Å². The van der Waals surface area contributed by atoms with E-state index in [1.54, 1.807) is 12.4 Å². The molecule has 0 radical (unpaired) electrons. The number of ether oxygens (including phenoxy) is 1. The van der Waals surface area contributed by atoms with E-state index in [0.717, 1.165) is 31.7 Å². The summed E-state index contributed by atoms with van der Waals surface area (Å²) in [5, 5.41) is 4.07. The zero-order valence-corrected chi connectivity index (χ0v) is 12.4. The summed E-state index contributed by atoms with van der Waals surface area (Å²) in [6.07, 6.45) is 4.77. The number of aromatic nitrogens is 3. The van der Waals surface area contributed by atoms with Gasteiger partial charge >= 0.3 is 0 Å². The van der Waals surface area contributed by atoms with E-state index in [2.05, 4.69) is 33.9 Å². The molecule has 1 saturated heterocycles. The van der Waals surface area contributed by atoms with Gasteiger partial charge in [0.2, 0.25) is 11.7 Å². The molecule has 3 heterocycles. The highest BCUT2D eigenvalue weighted by molar-refractivity contribution is 5.52. The molecule has 2 atom stereocenters. The molecule has 3 rings (SSSR count). The van der Waals surface area contributed by atoms with Crippen LogP contribution in [0.5, 0.6) is 0 Å². The minimum Gasteiger partial charge on any atom is -0.376 e. The number of morpholine rings is 1.